The fraction of sp³-hybridized carbons (Fsp3) is 0.579. The van der Waals surface area contributed by atoms with Crippen LogP contribution in [0.5, 0.6) is 0 Å². The Labute approximate surface area is 144 Å². The molecular weight excluding hydrogens is 304 g/mol. The standard InChI is InChI=1S/C19H28N2O3/c1-5-9-16(21(3)12-6-7-13-21)18(22)20-17-14(2)10-8-11-15(17)19(23)24-4/h8,10-11,16H,5-7,9,12-13H2,1-4H3/p+1. The molecule has 1 amide bonds. The number of hydrogen-bond donors (Lipinski definition) is 1. The van der Waals surface area contributed by atoms with Crippen LogP contribution in [0.15, 0.2) is 18.2 Å². The minimum Gasteiger partial charge on any atom is -0.465 e. The van der Waals surface area contributed by atoms with Gasteiger partial charge in [0.2, 0.25) is 0 Å². The average molecular weight is 333 g/mol. The summed E-state index contributed by atoms with van der Waals surface area (Å²) in [5.41, 5.74) is 1.84. The molecule has 5 nitrogen and oxygen atoms in total. The largest absolute Gasteiger partial charge is 0.465 e. The van der Waals surface area contributed by atoms with Crippen molar-refractivity contribution in [2.75, 3.05) is 32.6 Å². The molecule has 1 atom stereocenters. The predicted molar refractivity (Wildman–Crippen MR) is 95.0 cm³/mol. The van der Waals surface area contributed by atoms with Crippen LogP contribution in [-0.2, 0) is 9.53 Å². The quantitative estimate of drug-likeness (QED) is 0.643. The zero-order valence-electron chi connectivity index (χ0n) is 15.2. The molecule has 1 aliphatic rings. The van der Waals surface area contributed by atoms with Crippen LogP contribution in [0.4, 0.5) is 5.69 Å². The molecular formula is C19H29N2O3+. The maximum Gasteiger partial charge on any atom is 0.339 e. The number of amides is 1. The van der Waals surface area contributed by atoms with Gasteiger partial charge in [-0.3, -0.25) is 4.79 Å². The van der Waals surface area contributed by atoms with Gasteiger partial charge >= 0.3 is 5.97 Å². The summed E-state index contributed by atoms with van der Waals surface area (Å²) < 4.78 is 5.64. The Morgan fingerprint density at radius 2 is 1.96 bits per heavy atom. The number of nitrogens with one attached hydrogen (secondary N) is 1. The summed E-state index contributed by atoms with van der Waals surface area (Å²) in [6.45, 7) is 6.07. The van der Waals surface area contributed by atoms with Crippen molar-refractivity contribution >= 4 is 17.6 Å². The molecule has 1 aliphatic heterocycles. The molecule has 24 heavy (non-hydrogen) atoms. The summed E-state index contributed by atoms with van der Waals surface area (Å²) in [6.07, 6.45) is 4.15. The third-order valence-electron chi connectivity index (χ3n) is 5.13. The fourth-order valence-electron chi connectivity index (χ4n) is 3.69. The molecule has 2 rings (SSSR count). The van der Waals surface area contributed by atoms with E-state index in [9.17, 15) is 9.59 Å². The first-order valence-corrected chi connectivity index (χ1v) is 8.76. The number of anilines is 1. The summed E-state index contributed by atoms with van der Waals surface area (Å²) in [4.78, 5) is 25.0. The van der Waals surface area contributed by atoms with E-state index in [2.05, 4.69) is 19.3 Å². The first-order valence-electron chi connectivity index (χ1n) is 8.76. The third-order valence-corrected chi connectivity index (χ3v) is 5.13. The van der Waals surface area contributed by atoms with E-state index in [0.29, 0.717) is 11.3 Å². The lowest BCUT2D eigenvalue weighted by Crippen LogP contribution is -2.55. The number of methoxy groups -OCH3 is 1. The summed E-state index contributed by atoms with van der Waals surface area (Å²) >= 11 is 0. The highest BCUT2D eigenvalue weighted by Gasteiger charge is 2.40. The van der Waals surface area contributed by atoms with Crippen molar-refractivity contribution in [1.82, 2.24) is 0 Å². The second kappa shape index (κ2) is 7.79. The molecule has 0 aliphatic carbocycles. The Bertz CT molecular complexity index is 607. The van der Waals surface area contributed by atoms with E-state index < -0.39 is 5.97 Å². The van der Waals surface area contributed by atoms with Gasteiger partial charge in [0, 0.05) is 19.3 Å². The van der Waals surface area contributed by atoms with Gasteiger partial charge in [-0.15, -0.1) is 0 Å². The highest BCUT2D eigenvalue weighted by molar-refractivity contribution is 6.03. The van der Waals surface area contributed by atoms with Crippen LogP contribution in [0.25, 0.3) is 0 Å². The van der Waals surface area contributed by atoms with Gasteiger partial charge in [0.15, 0.2) is 6.04 Å². The molecule has 5 heteroatoms. The molecule has 1 heterocycles. The second-order valence-electron chi connectivity index (χ2n) is 6.92. The first-order chi connectivity index (χ1) is 11.4. The number of hydrogen-bond acceptors (Lipinski definition) is 3. The number of carbonyl (C=O) groups is 2. The van der Waals surface area contributed by atoms with Crippen LogP contribution in [0, 0.1) is 6.92 Å². The highest BCUT2D eigenvalue weighted by Crippen LogP contribution is 2.27. The molecule has 0 bridgehead atoms. The van der Waals surface area contributed by atoms with Gasteiger partial charge in [-0.2, -0.15) is 0 Å². The van der Waals surface area contributed by atoms with E-state index in [1.54, 1.807) is 12.1 Å². The average Bonchev–Trinajstić information content (AvgIpc) is 3.01. The van der Waals surface area contributed by atoms with Gasteiger partial charge in [-0.05, 0) is 25.0 Å². The number of nitrogens with zero attached hydrogens (tertiary/aromatic N) is 1. The molecule has 1 aromatic carbocycles. The molecule has 1 saturated heterocycles. The van der Waals surface area contributed by atoms with E-state index in [4.69, 9.17) is 4.74 Å². The molecule has 1 N–H and O–H groups in total. The molecule has 1 unspecified atom stereocenters. The van der Waals surface area contributed by atoms with Crippen LogP contribution >= 0.6 is 0 Å². The van der Waals surface area contributed by atoms with Gasteiger partial charge in [0.1, 0.15) is 0 Å². The van der Waals surface area contributed by atoms with Gasteiger partial charge in [0.25, 0.3) is 5.91 Å². The number of carbonyl (C=O) groups excluding carboxylic acids is 2. The SMILES string of the molecule is CCCC(C(=O)Nc1c(C)cccc1C(=O)OC)[N+]1(C)CCCC1. The van der Waals surface area contributed by atoms with Crippen LogP contribution in [-0.4, -0.2) is 49.6 Å². The summed E-state index contributed by atoms with van der Waals surface area (Å²) in [5.74, 6) is -0.427. The lowest BCUT2D eigenvalue weighted by atomic mass is 10.0. The van der Waals surface area contributed by atoms with E-state index in [1.807, 2.05) is 13.0 Å². The third kappa shape index (κ3) is 3.78. The van der Waals surface area contributed by atoms with Crippen molar-refractivity contribution in [3.05, 3.63) is 29.3 Å². The summed E-state index contributed by atoms with van der Waals surface area (Å²) in [7, 11) is 3.53. The Morgan fingerprint density at radius 3 is 2.54 bits per heavy atom. The maximum atomic E-state index is 13.0. The van der Waals surface area contributed by atoms with Gasteiger partial charge in [0.05, 0.1) is 38.5 Å². The maximum absolute atomic E-state index is 13.0. The van der Waals surface area contributed by atoms with E-state index in [-0.39, 0.29) is 11.9 Å². The molecule has 132 valence electrons. The number of aryl methyl sites for hydroxylation is 1. The summed E-state index contributed by atoms with van der Waals surface area (Å²) in [6, 6.07) is 5.30. The molecule has 0 saturated carbocycles. The smallest absolute Gasteiger partial charge is 0.339 e. The van der Waals surface area contributed by atoms with Crippen LogP contribution < -0.4 is 5.32 Å². The number of likely N-dealkylation sites (N-methyl/N-ethyl adjacent to an activating group) is 1. The number of benzene rings is 1. The number of para-hydroxylation sites is 1. The zero-order valence-corrected chi connectivity index (χ0v) is 15.2. The Hall–Kier alpha value is -1.88. The van der Waals surface area contributed by atoms with Crippen LogP contribution in [0.2, 0.25) is 0 Å². The van der Waals surface area contributed by atoms with Gasteiger partial charge in [-0.1, -0.05) is 19.1 Å². The molecule has 0 spiro atoms. The van der Waals surface area contributed by atoms with E-state index >= 15 is 0 Å². The molecule has 1 aromatic rings. The summed E-state index contributed by atoms with van der Waals surface area (Å²) in [5, 5.41) is 3.03. The van der Waals surface area contributed by atoms with Crippen molar-refractivity contribution < 1.29 is 18.8 Å². The molecule has 0 aromatic heterocycles. The van der Waals surface area contributed by atoms with Crippen molar-refractivity contribution in [2.24, 2.45) is 0 Å². The fourth-order valence-corrected chi connectivity index (χ4v) is 3.69. The monoisotopic (exact) mass is 333 g/mol. The zero-order chi connectivity index (χ0) is 17.7. The predicted octanol–water partition coefficient (Wildman–Crippen LogP) is 3.13. The number of likely N-dealkylation sites (tertiary alicyclic amines) is 1. The Morgan fingerprint density at radius 1 is 1.29 bits per heavy atom. The minimum absolute atomic E-state index is 0.000651. The number of quaternary nitrogens is 1. The van der Waals surface area contributed by atoms with Gasteiger partial charge < -0.3 is 14.5 Å². The van der Waals surface area contributed by atoms with Crippen LogP contribution in [0.3, 0.4) is 0 Å². The lowest BCUT2D eigenvalue weighted by molar-refractivity contribution is -0.913. The molecule has 0 radical (unpaired) electrons. The van der Waals surface area contributed by atoms with Gasteiger partial charge in [-0.25, -0.2) is 4.79 Å². The normalized spacial score (nSPS) is 17.3. The minimum atomic E-state index is -0.428. The highest BCUT2D eigenvalue weighted by atomic mass is 16.5. The topological polar surface area (TPSA) is 55.4 Å². The van der Waals surface area contributed by atoms with Crippen molar-refractivity contribution in [3.8, 4) is 0 Å². The lowest BCUT2D eigenvalue weighted by Gasteiger charge is -2.37. The van der Waals surface area contributed by atoms with E-state index in [1.165, 1.54) is 20.0 Å². The Balaban J connectivity index is 2.28. The van der Waals surface area contributed by atoms with E-state index in [0.717, 1.165) is 36.0 Å². The number of esters is 1. The number of ether oxygens (including phenoxy) is 1. The first kappa shape index (κ1) is 18.5. The Kier molecular flexibility index (Phi) is 5.99. The van der Waals surface area contributed by atoms with Crippen molar-refractivity contribution in [1.29, 1.82) is 0 Å². The van der Waals surface area contributed by atoms with Crippen molar-refractivity contribution in [2.45, 2.75) is 45.6 Å². The molecule has 1 fully saturated rings. The number of rotatable bonds is 6. The second-order valence-corrected chi connectivity index (χ2v) is 6.92. The van der Waals surface area contributed by atoms with Crippen molar-refractivity contribution in [3.63, 3.8) is 0 Å². The van der Waals surface area contributed by atoms with Crippen LogP contribution in [0.1, 0.15) is 48.5 Å².